The maximum absolute atomic E-state index is 11.5. The Morgan fingerprint density at radius 2 is 2.50 bits per heavy atom. The topological polar surface area (TPSA) is 54.5 Å². The lowest BCUT2D eigenvalue weighted by molar-refractivity contribution is 0.489. The quantitative estimate of drug-likeness (QED) is 0.521. The Bertz CT molecular complexity index is 166. The van der Waals surface area contributed by atoms with E-state index in [9.17, 15) is 4.39 Å². The average molecular weight is 162 g/mol. The standard InChI is InChI=1S/C4H7FN4S/c5-2-1-3-10-4-6-8-9-7-4/h1-3H2,(H,6,7,8,9). The van der Waals surface area contributed by atoms with Crippen molar-refractivity contribution in [2.24, 2.45) is 0 Å². The molecule has 0 radical (unpaired) electrons. The number of aromatic nitrogens is 4. The Kier molecular flexibility index (Phi) is 3.14. The number of aromatic amines is 1. The van der Waals surface area contributed by atoms with E-state index in [0.29, 0.717) is 17.3 Å². The van der Waals surface area contributed by atoms with Crippen molar-refractivity contribution in [1.29, 1.82) is 0 Å². The SMILES string of the molecule is FCCCSc1nn[nH]n1. The van der Waals surface area contributed by atoms with Crippen molar-refractivity contribution in [2.75, 3.05) is 12.4 Å². The van der Waals surface area contributed by atoms with Crippen LogP contribution < -0.4 is 0 Å². The van der Waals surface area contributed by atoms with Crippen molar-refractivity contribution < 1.29 is 4.39 Å². The molecule has 0 aromatic carbocycles. The van der Waals surface area contributed by atoms with Gasteiger partial charge in [-0.15, -0.1) is 10.2 Å². The van der Waals surface area contributed by atoms with E-state index in [1.54, 1.807) is 0 Å². The smallest absolute Gasteiger partial charge is 0.230 e. The Hall–Kier alpha value is -0.650. The lowest BCUT2D eigenvalue weighted by Crippen LogP contribution is -1.82. The van der Waals surface area contributed by atoms with Gasteiger partial charge in [0, 0.05) is 5.75 Å². The van der Waals surface area contributed by atoms with E-state index in [-0.39, 0.29) is 6.67 Å². The minimum atomic E-state index is -0.287. The number of H-pyrrole nitrogens is 1. The Balaban J connectivity index is 2.15. The summed E-state index contributed by atoms with van der Waals surface area (Å²) in [5, 5.41) is 13.6. The van der Waals surface area contributed by atoms with Crippen LogP contribution in [0.5, 0.6) is 0 Å². The summed E-state index contributed by atoms with van der Waals surface area (Å²) in [5.41, 5.74) is 0. The fourth-order valence-corrected chi connectivity index (χ4v) is 1.07. The number of tetrazole rings is 1. The third kappa shape index (κ3) is 2.30. The number of thioether (sulfide) groups is 1. The largest absolute Gasteiger partial charge is 0.251 e. The molecule has 6 heteroatoms. The van der Waals surface area contributed by atoms with E-state index in [1.165, 1.54) is 11.8 Å². The number of alkyl halides is 1. The van der Waals surface area contributed by atoms with Crippen LogP contribution in [0.4, 0.5) is 4.39 Å². The van der Waals surface area contributed by atoms with Gasteiger partial charge >= 0.3 is 0 Å². The molecule has 0 aliphatic carbocycles. The molecule has 0 unspecified atom stereocenters. The highest BCUT2D eigenvalue weighted by Crippen LogP contribution is 2.10. The van der Waals surface area contributed by atoms with E-state index < -0.39 is 0 Å². The number of nitrogens with zero attached hydrogens (tertiary/aromatic N) is 3. The number of halogens is 1. The molecule has 0 amide bonds. The zero-order chi connectivity index (χ0) is 7.23. The van der Waals surface area contributed by atoms with Gasteiger partial charge in [0.15, 0.2) is 0 Å². The highest BCUT2D eigenvalue weighted by molar-refractivity contribution is 7.99. The van der Waals surface area contributed by atoms with Crippen LogP contribution in [0.2, 0.25) is 0 Å². The summed E-state index contributed by atoms with van der Waals surface area (Å²) in [5.74, 6) is 0.704. The fourth-order valence-electron chi connectivity index (χ4n) is 0.432. The number of hydrogen-bond donors (Lipinski definition) is 1. The van der Waals surface area contributed by atoms with Crippen LogP contribution in [0, 0.1) is 0 Å². The second-order valence-corrected chi connectivity index (χ2v) is 2.65. The maximum atomic E-state index is 11.5. The predicted octanol–water partition coefficient (Wildman–Crippen LogP) is 0.651. The molecule has 0 saturated heterocycles. The normalized spacial score (nSPS) is 10.1. The maximum Gasteiger partial charge on any atom is 0.230 e. The molecule has 1 rings (SSSR count). The first-order valence-electron chi connectivity index (χ1n) is 2.85. The highest BCUT2D eigenvalue weighted by Gasteiger charge is 1.96. The van der Waals surface area contributed by atoms with Gasteiger partial charge in [0.05, 0.1) is 6.67 Å². The van der Waals surface area contributed by atoms with E-state index in [4.69, 9.17) is 0 Å². The molecule has 1 heterocycles. The summed E-state index contributed by atoms with van der Waals surface area (Å²) in [7, 11) is 0. The van der Waals surface area contributed by atoms with Crippen molar-refractivity contribution in [1.82, 2.24) is 20.6 Å². The molecular weight excluding hydrogens is 155 g/mol. The van der Waals surface area contributed by atoms with Gasteiger partial charge in [-0.05, 0) is 11.6 Å². The van der Waals surface area contributed by atoms with Gasteiger partial charge < -0.3 is 0 Å². The third-order valence-corrected chi connectivity index (χ3v) is 1.76. The summed E-state index contributed by atoms with van der Waals surface area (Å²) in [6.45, 7) is -0.287. The summed E-state index contributed by atoms with van der Waals surface area (Å²) >= 11 is 1.40. The van der Waals surface area contributed by atoms with Crippen LogP contribution in [-0.4, -0.2) is 33.1 Å². The Labute approximate surface area is 61.6 Å². The van der Waals surface area contributed by atoms with E-state index in [2.05, 4.69) is 20.6 Å². The van der Waals surface area contributed by atoms with Crippen LogP contribution in [0.25, 0.3) is 0 Å². The van der Waals surface area contributed by atoms with Gasteiger partial charge in [-0.1, -0.05) is 11.8 Å². The number of rotatable bonds is 4. The molecule has 10 heavy (non-hydrogen) atoms. The first-order chi connectivity index (χ1) is 4.93. The monoisotopic (exact) mass is 162 g/mol. The van der Waals surface area contributed by atoms with Crippen molar-refractivity contribution >= 4 is 11.8 Å². The zero-order valence-corrected chi connectivity index (χ0v) is 6.07. The van der Waals surface area contributed by atoms with Crippen molar-refractivity contribution in [3.63, 3.8) is 0 Å². The summed E-state index contributed by atoms with van der Waals surface area (Å²) in [6.07, 6.45) is 0.541. The lowest BCUT2D eigenvalue weighted by Gasteiger charge is -1.88. The second kappa shape index (κ2) is 4.21. The Morgan fingerprint density at radius 1 is 1.60 bits per heavy atom. The van der Waals surface area contributed by atoms with Gasteiger partial charge in [0.25, 0.3) is 0 Å². The lowest BCUT2D eigenvalue weighted by atomic mass is 10.6. The van der Waals surface area contributed by atoms with Crippen LogP contribution >= 0.6 is 11.8 Å². The molecule has 0 atom stereocenters. The summed E-state index contributed by atoms with van der Waals surface area (Å²) in [6, 6.07) is 0. The second-order valence-electron chi connectivity index (χ2n) is 1.59. The van der Waals surface area contributed by atoms with Gasteiger partial charge in [0.1, 0.15) is 0 Å². The van der Waals surface area contributed by atoms with Gasteiger partial charge in [-0.2, -0.15) is 5.21 Å². The molecule has 1 aromatic rings. The number of nitrogens with one attached hydrogen (secondary N) is 1. The molecule has 0 fully saturated rings. The van der Waals surface area contributed by atoms with E-state index in [1.807, 2.05) is 0 Å². The van der Waals surface area contributed by atoms with Gasteiger partial charge in [-0.3, -0.25) is 4.39 Å². The van der Waals surface area contributed by atoms with Gasteiger partial charge in [-0.25, -0.2) is 0 Å². The van der Waals surface area contributed by atoms with Crippen molar-refractivity contribution in [2.45, 2.75) is 11.6 Å². The molecule has 56 valence electrons. The van der Waals surface area contributed by atoms with Gasteiger partial charge in [0.2, 0.25) is 5.16 Å². The molecule has 1 N–H and O–H groups in total. The summed E-state index contributed by atoms with van der Waals surface area (Å²) in [4.78, 5) is 0. The van der Waals surface area contributed by atoms with E-state index >= 15 is 0 Å². The fraction of sp³-hybridized carbons (Fsp3) is 0.750. The zero-order valence-electron chi connectivity index (χ0n) is 5.25. The van der Waals surface area contributed by atoms with Crippen LogP contribution in [0.1, 0.15) is 6.42 Å². The molecule has 4 nitrogen and oxygen atoms in total. The molecular formula is C4H7FN4S. The minimum absolute atomic E-state index is 0.287. The van der Waals surface area contributed by atoms with Crippen molar-refractivity contribution in [3.8, 4) is 0 Å². The van der Waals surface area contributed by atoms with Crippen LogP contribution in [0.3, 0.4) is 0 Å². The molecule has 0 aliphatic heterocycles. The van der Waals surface area contributed by atoms with Crippen molar-refractivity contribution in [3.05, 3.63) is 0 Å². The molecule has 0 spiro atoms. The minimum Gasteiger partial charge on any atom is -0.251 e. The molecule has 0 bridgehead atoms. The molecule has 0 saturated carbocycles. The third-order valence-electron chi connectivity index (χ3n) is 0.835. The molecule has 1 aromatic heterocycles. The Morgan fingerprint density at radius 3 is 3.10 bits per heavy atom. The van der Waals surface area contributed by atoms with Crippen LogP contribution in [-0.2, 0) is 0 Å². The predicted molar refractivity (Wildman–Crippen MR) is 35.5 cm³/mol. The number of hydrogen-bond acceptors (Lipinski definition) is 4. The summed E-state index contributed by atoms with van der Waals surface area (Å²) < 4.78 is 11.5. The average Bonchev–Trinajstić information content (AvgIpc) is 2.41. The molecule has 0 aliphatic rings. The first kappa shape index (κ1) is 7.46. The van der Waals surface area contributed by atoms with E-state index in [0.717, 1.165) is 0 Å². The highest BCUT2D eigenvalue weighted by atomic mass is 32.2. The van der Waals surface area contributed by atoms with Crippen LogP contribution in [0.15, 0.2) is 5.16 Å². The first-order valence-corrected chi connectivity index (χ1v) is 3.84.